The highest BCUT2D eigenvalue weighted by atomic mass is 16.6. The number of hydrogen-bond donors (Lipinski definition) is 0. The Bertz CT molecular complexity index is 968. The fourth-order valence-corrected chi connectivity index (χ4v) is 4.31. The van der Waals surface area contributed by atoms with E-state index in [9.17, 15) is 9.59 Å². The number of carbonyl (C=O) groups excluding carboxylic acids is 2. The third kappa shape index (κ3) is 7.48. The minimum absolute atomic E-state index is 0.363. The van der Waals surface area contributed by atoms with Gasteiger partial charge in [-0.3, -0.25) is 4.79 Å². The van der Waals surface area contributed by atoms with Gasteiger partial charge < -0.3 is 14.4 Å². The van der Waals surface area contributed by atoms with Crippen LogP contribution in [0.1, 0.15) is 60.5 Å². The molecule has 1 atom stereocenters. The third-order valence-corrected chi connectivity index (χ3v) is 5.97. The van der Waals surface area contributed by atoms with Crippen molar-refractivity contribution in [2.75, 3.05) is 24.6 Å². The van der Waals surface area contributed by atoms with Gasteiger partial charge in [0.05, 0.1) is 17.9 Å². The first kappa shape index (κ1) is 24.6. The molecule has 0 aliphatic carbocycles. The van der Waals surface area contributed by atoms with E-state index in [2.05, 4.69) is 42.7 Å². The van der Waals surface area contributed by atoms with Crippen molar-refractivity contribution in [3.05, 3.63) is 71.8 Å². The van der Waals surface area contributed by atoms with Crippen LogP contribution in [0.4, 0.5) is 5.69 Å². The van der Waals surface area contributed by atoms with Crippen LogP contribution in [0.25, 0.3) is 0 Å². The zero-order valence-corrected chi connectivity index (χ0v) is 19.8. The number of benzene rings is 2. The van der Waals surface area contributed by atoms with E-state index in [1.54, 1.807) is 12.1 Å². The van der Waals surface area contributed by atoms with Gasteiger partial charge in [0.1, 0.15) is 5.75 Å². The summed E-state index contributed by atoms with van der Waals surface area (Å²) in [4.78, 5) is 25.8. The Labute approximate surface area is 197 Å². The zero-order valence-electron chi connectivity index (χ0n) is 19.8. The lowest BCUT2D eigenvalue weighted by atomic mass is 9.98. The summed E-state index contributed by atoms with van der Waals surface area (Å²) in [5.74, 6) is -0.0643. The summed E-state index contributed by atoms with van der Waals surface area (Å²) in [6.45, 7) is 9.59. The van der Waals surface area contributed by atoms with E-state index in [1.807, 2.05) is 12.1 Å². The number of allylic oxidation sites excluding steroid dienone is 1. The number of rotatable bonds is 10. The SMILES string of the molecule is C=CCCCCN1CC(CCCc2cccc(C)c2)COc2ccc(C(=O)OC(C)=O)cc21. The van der Waals surface area contributed by atoms with E-state index in [4.69, 9.17) is 9.47 Å². The molecule has 0 saturated heterocycles. The number of hydrogen-bond acceptors (Lipinski definition) is 5. The maximum Gasteiger partial charge on any atom is 0.345 e. The molecule has 176 valence electrons. The molecular weight excluding hydrogens is 414 g/mol. The van der Waals surface area contributed by atoms with Crippen LogP contribution < -0.4 is 9.64 Å². The van der Waals surface area contributed by atoms with Gasteiger partial charge in [-0.15, -0.1) is 6.58 Å². The quantitative estimate of drug-likeness (QED) is 0.196. The van der Waals surface area contributed by atoms with Crippen LogP contribution in [-0.4, -0.2) is 31.6 Å². The second-order valence-electron chi connectivity index (χ2n) is 8.85. The fourth-order valence-electron chi connectivity index (χ4n) is 4.31. The third-order valence-electron chi connectivity index (χ3n) is 5.97. The van der Waals surface area contributed by atoms with Gasteiger partial charge in [-0.2, -0.15) is 0 Å². The summed E-state index contributed by atoms with van der Waals surface area (Å²) >= 11 is 0. The second kappa shape index (κ2) is 12.2. The highest BCUT2D eigenvalue weighted by Gasteiger charge is 2.24. The highest BCUT2D eigenvalue weighted by molar-refractivity contribution is 5.97. The van der Waals surface area contributed by atoms with Gasteiger partial charge in [0.15, 0.2) is 0 Å². The van der Waals surface area contributed by atoms with Gasteiger partial charge >= 0.3 is 11.9 Å². The molecule has 1 unspecified atom stereocenters. The van der Waals surface area contributed by atoms with Crippen LogP contribution >= 0.6 is 0 Å². The minimum atomic E-state index is -0.629. The first-order valence-corrected chi connectivity index (χ1v) is 11.9. The van der Waals surface area contributed by atoms with Gasteiger partial charge in [-0.1, -0.05) is 35.9 Å². The topological polar surface area (TPSA) is 55.8 Å². The van der Waals surface area contributed by atoms with Gasteiger partial charge in [0, 0.05) is 25.9 Å². The molecule has 5 heteroatoms. The summed E-state index contributed by atoms with van der Waals surface area (Å²) in [5.41, 5.74) is 3.93. The Morgan fingerprint density at radius 1 is 1.18 bits per heavy atom. The van der Waals surface area contributed by atoms with E-state index in [0.717, 1.165) is 63.1 Å². The van der Waals surface area contributed by atoms with Gasteiger partial charge in [-0.25, -0.2) is 4.79 Å². The Balaban J connectivity index is 1.70. The fraction of sp³-hybridized carbons (Fsp3) is 0.429. The van der Waals surface area contributed by atoms with E-state index in [0.29, 0.717) is 18.1 Å². The summed E-state index contributed by atoms with van der Waals surface area (Å²) in [5, 5.41) is 0. The lowest BCUT2D eigenvalue weighted by molar-refractivity contribution is -0.135. The molecule has 0 N–H and O–H groups in total. The predicted molar refractivity (Wildman–Crippen MR) is 132 cm³/mol. The zero-order chi connectivity index (χ0) is 23.6. The molecule has 2 aromatic rings. The Kier molecular flexibility index (Phi) is 9.11. The van der Waals surface area contributed by atoms with Crippen LogP contribution in [0.3, 0.4) is 0 Å². The van der Waals surface area contributed by atoms with Crippen molar-refractivity contribution in [3.63, 3.8) is 0 Å². The van der Waals surface area contributed by atoms with Crippen molar-refractivity contribution in [2.45, 2.75) is 52.4 Å². The number of esters is 2. The van der Waals surface area contributed by atoms with Crippen molar-refractivity contribution in [1.29, 1.82) is 0 Å². The summed E-state index contributed by atoms with van der Waals surface area (Å²) in [7, 11) is 0. The summed E-state index contributed by atoms with van der Waals surface area (Å²) in [6.07, 6.45) is 8.28. The van der Waals surface area contributed by atoms with E-state index in [1.165, 1.54) is 18.1 Å². The number of carbonyl (C=O) groups is 2. The van der Waals surface area contributed by atoms with Crippen molar-refractivity contribution < 1.29 is 19.1 Å². The monoisotopic (exact) mass is 449 g/mol. The molecule has 0 radical (unpaired) electrons. The van der Waals surface area contributed by atoms with E-state index >= 15 is 0 Å². The van der Waals surface area contributed by atoms with Gasteiger partial charge in [-0.05, 0) is 69.2 Å². The van der Waals surface area contributed by atoms with Crippen LogP contribution in [0.2, 0.25) is 0 Å². The summed E-state index contributed by atoms with van der Waals surface area (Å²) < 4.78 is 11.0. The molecule has 0 amide bonds. The molecule has 0 saturated carbocycles. The van der Waals surface area contributed by atoms with Crippen molar-refractivity contribution in [1.82, 2.24) is 0 Å². The maximum atomic E-state index is 12.3. The molecule has 5 nitrogen and oxygen atoms in total. The lowest BCUT2D eigenvalue weighted by Gasteiger charge is -2.27. The van der Waals surface area contributed by atoms with Crippen LogP contribution in [0, 0.1) is 12.8 Å². The molecule has 3 rings (SSSR count). The van der Waals surface area contributed by atoms with E-state index < -0.39 is 11.9 Å². The van der Waals surface area contributed by atoms with Gasteiger partial charge in [0.2, 0.25) is 0 Å². The standard InChI is InChI=1S/C28H35NO4/c1-4-5-6-7-16-29-19-24(13-9-12-23-11-8-10-21(2)17-23)20-32-27-15-14-25(18-26(27)29)28(31)33-22(3)30/h4,8,10-11,14-15,17-18,24H,1,5-7,9,12-13,16,19-20H2,2-3H3. The smallest absolute Gasteiger partial charge is 0.345 e. The van der Waals surface area contributed by atoms with Crippen molar-refractivity contribution in [3.8, 4) is 5.75 Å². The Hall–Kier alpha value is -3.08. The number of fused-ring (bicyclic) bond motifs is 1. The average molecular weight is 450 g/mol. The average Bonchev–Trinajstić information content (AvgIpc) is 2.95. The van der Waals surface area contributed by atoms with Crippen molar-refractivity contribution in [2.24, 2.45) is 5.92 Å². The molecule has 0 fully saturated rings. The van der Waals surface area contributed by atoms with Crippen molar-refractivity contribution >= 4 is 17.6 Å². The Morgan fingerprint density at radius 3 is 2.79 bits per heavy atom. The Morgan fingerprint density at radius 2 is 2.03 bits per heavy atom. The van der Waals surface area contributed by atoms with Crippen LogP contribution in [0.5, 0.6) is 5.75 Å². The second-order valence-corrected chi connectivity index (χ2v) is 8.85. The normalized spacial score (nSPS) is 15.2. The van der Waals surface area contributed by atoms with Crippen LogP contribution in [-0.2, 0) is 16.0 Å². The van der Waals surface area contributed by atoms with Crippen LogP contribution in [0.15, 0.2) is 55.1 Å². The lowest BCUT2D eigenvalue weighted by Crippen LogP contribution is -2.31. The highest BCUT2D eigenvalue weighted by Crippen LogP contribution is 2.34. The molecule has 2 aromatic carbocycles. The number of aryl methyl sites for hydroxylation is 2. The number of anilines is 1. The first-order valence-electron chi connectivity index (χ1n) is 11.9. The number of unbranched alkanes of at least 4 members (excludes halogenated alkanes) is 2. The number of ether oxygens (including phenoxy) is 2. The molecule has 0 aromatic heterocycles. The predicted octanol–water partition coefficient (Wildman–Crippen LogP) is 5.89. The molecule has 0 bridgehead atoms. The maximum absolute atomic E-state index is 12.3. The van der Waals surface area contributed by atoms with Gasteiger partial charge in [0.25, 0.3) is 0 Å². The molecule has 33 heavy (non-hydrogen) atoms. The molecular formula is C28H35NO4. The minimum Gasteiger partial charge on any atom is -0.491 e. The number of nitrogens with zero attached hydrogens (tertiary/aromatic N) is 1. The summed E-state index contributed by atoms with van der Waals surface area (Å²) in [6, 6.07) is 14.0. The molecule has 1 aliphatic rings. The largest absolute Gasteiger partial charge is 0.491 e. The molecule has 1 heterocycles. The molecule has 1 aliphatic heterocycles. The first-order chi connectivity index (χ1) is 16.0. The van der Waals surface area contributed by atoms with E-state index in [-0.39, 0.29) is 0 Å². The molecule has 0 spiro atoms.